The second kappa shape index (κ2) is 7.09. The Morgan fingerprint density at radius 1 is 1.16 bits per heavy atom. The molecule has 7 heteroatoms. The lowest BCUT2D eigenvalue weighted by atomic mass is 10.0. The maximum Gasteiger partial charge on any atom is 0.194 e. The van der Waals surface area contributed by atoms with Crippen molar-refractivity contribution in [2.75, 3.05) is 32.8 Å². The van der Waals surface area contributed by atoms with Crippen molar-refractivity contribution in [2.45, 2.75) is 6.04 Å². The van der Waals surface area contributed by atoms with Gasteiger partial charge >= 0.3 is 0 Å². The molecule has 1 aromatic carbocycles. The van der Waals surface area contributed by atoms with Gasteiger partial charge in [0.15, 0.2) is 17.5 Å². The number of piperazine rings is 1. The van der Waals surface area contributed by atoms with E-state index in [1.807, 2.05) is 4.90 Å². The minimum Gasteiger partial charge on any atom is -0.394 e. The van der Waals surface area contributed by atoms with E-state index < -0.39 is 23.5 Å². The van der Waals surface area contributed by atoms with Crippen molar-refractivity contribution in [1.29, 1.82) is 0 Å². The van der Waals surface area contributed by atoms with E-state index in [9.17, 15) is 18.3 Å². The van der Waals surface area contributed by atoms with Gasteiger partial charge in [0.2, 0.25) is 0 Å². The van der Waals surface area contributed by atoms with E-state index in [2.05, 4.69) is 5.32 Å². The molecule has 0 spiro atoms. The van der Waals surface area contributed by atoms with Crippen LogP contribution in [0.3, 0.4) is 0 Å². The van der Waals surface area contributed by atoms with Gasteiger partial charge < -0.3 is 10.4 Å². The van der Waals surface area contributed by atoms with Crippen molar-refractivity contribution in [1.82, 2.24) is 10.2 Å². The maximum absolute atomic E-state index is 13.7. The fourth-order valence-corrected chi connectivity index (χ4v) is 2.20. The second-order valence-electron chi connectivity index (χ2n) is 4.25. The molecule has 0 bridgehead atoms. The Morgan fingerprint density at radius 2 is 1.79 bits per heavy atom. The Balaban J connectivity index is 0.00000180. The number of aliphatic hydroxyl groups is 1. The number of nitrogens with one attached hydrogen (secondary N) is 1. The van der Waals surface area contributed by atoms with Gasteiger partial charge in [-0.05, 0) is 6.07 Å². The van der Waals surface area contributed by atoms with Crippen molar-refractivity contribution in [2.24, 2.45) is 0 Å². The SMILES string of the molecule is Cl.OC[C@H](c1ccc(F)c(F)c1F)N1CCNCC1. The van der Waals surface area contributed by atoms with Gasteiger partial charge in [0, 0.05) is 31.7 Å². The highest BCUT2D eigenvalue weighted by atomic mass is 35.5. The Labute approximate surface area is 115 Å². The first kappa shape index (κ1) is 16.2. The maximum atomic E-state index is 13.7. The molecule has 0 amide bonds. The molecular weight excluding hydrogens is 281 g/mol. The number of benzene rings is 1. The third-order valence-corrected chi connectivity index (χ3v) is 3.19. The van der Waals surface area contributed by atoms with Gasteiger partial charge in [-0.1, -0.05) is 6.07 Å². The number of hydrogen-bond acceptors (Lipinski definition) is 3. The topological polar surface area (TPSA) is 35.5 Å². The molecule has 0 unspecified atom stereocenters. The summed E-state index contributed by atoms with van der Waals surface area (Å²) < 4.78 is 39.7. The highest BCUT2D eigenvalue weighted by Gasteiger charge is 2.26. The van der Waals surface area contributed by atoms with Crippen LogP contribution in [0.2, 0.25) is 0 Å². The highest BCUT2D eigenvalue weighted by Crippen LogP contribution is 2.26. The van der Waals surface area contributed by atoms with Crippen LogP contribution in [0.5, 0.6) is 0 Å². The molecule has 1 aromatic rings. The van der Waals surface area contributed by atoms with Gasteiger partial charge in [0.25, 0.3) is 0 Å². The predicted octanol–water partition coefficient (Wildman–Crippen LogP) is 1.46. The summed E-state index contributed by atoms with van der Waals surface area (Å²) in [7, 11) is 0. The zero-order valence-corrected chi connectivity index (χ0v) is 11.0. The minimum atomic E-state index is -1.49. The average molecular weight is 297 g/mol. The monoisotopic (exact) mass is 296 g/mol. The molecule has 0 aliphatic carbocycles. The van der Waals surface area contributed by atoms with Crippen LogP contribution in [0.15, 0.2) is 12.1 Å². The van der Waals surface area contributed by atoms with Gasteiger partial charge in [0.1, 0.15) is 0 Å². The fourth-order valence-electron chi connectivity index (χ4n) is 2.20. The largest absolute Gasteiger partial charge is 0.394 e. The van der Waals surface area contributed by atoms with E-state index in [1.54, 1.807) is 0 Å². The molecule has 1 saturated heterocycles. The molecule has 3 nitrogen and oxygen atoms in total. The molecule has 1 fully saturated rings. The predicted molar refractivity (Wildman–Crippen MR) is 67.8 cm³/mol. The lowest BCUT2D eigenvalue weighted by Gasteiger charge is -2.34. The summed E-state index contributed by atoms with van der Waals surface area (Å²) in [6, 6.07) is 1.44. The number of halogens is 4. The second-order valence-corrected chi connectivity index (χ2v) is 4.25. The standard InChI is InChI=1S/C12H15F3N2O.ClH/c13-9-2-1-8(11(14)12(9)15)10(7-18)17-5-3-16-4-6-17;/h1-2,10,16,18H,3-7H2;1H/t10-;/m1./s1. The quantitative estimate of drug-likeness (QED) is 0.829. The third kappa shape index (κ3) is 3.39. The van der Waals surface area contributed by atoms with E-state index >= 15 is 0 Å². The number of aliphatic hydroxyl groups excluding tert-OH is 1. The first-order chi connectivity index (χ1) is 8.65. The van der Waals surface area contributed by atoms with Crippen LogP contribution in [-0.4, -0.2) is 42.8 Å². The summed E-state index contributed by atoms with van der Waals surface area (Å²) in [5.74, 6) is -3.91. The molecule has 2 rings (SSSR count). The summed E-state index contributed by atoms with van der Waals surface area (Å²) in [6.45, 7) is 2.37. The normalized spacial score (nSPS) is 17.9. The highest BCUT2D eigenvalue weighted by molar-refractivity contribution is 5.85. The van der Waals surface area contributed by atoms with Gasteiger partial charge in [-0.15, -0.1) is 12.4 Å². The van der Waals surface area contributed by atoms with Crippen LogP contribution < -0.4 is 5.32 Å². The number of rotatable bonds is 3. The summed E-state index contributed by atoms with van der Waals surface area (Å²) in [5.41, 5.74) is -0.00157. The summed E-state index contributed by atoms with van der Waals surface area (Å²) >= 11 is 0. The molecule has 0 saturated carbocycles. The van der Waals surface area contributed by atoms with Crippen LogP contribution in [0, 0.1) is 17.5 Å². The Morgan fingerprint density at radius 3 is 2.37 bits per heavy atom. The van der Waals surface area contributed by atoms with Crippen LogP contribution in [0.4, 0.5) is 13.2 Å². The first-order valence-corrected chi connectivity index (χ1v) is 5.84. The van der Waals surface area contributed by atoms with E-state index in [-0.39, 0.29) is 24.6 Å². The van der Waals surface area contributed by atoms with Crippen molar-refractivity contribution in [3.05, 3.63) is 35.1 Å². The first-order valence-electron chi connectivity index (χ1n) is 5.84. The van der Waals surface area contributed by atoms with Gasteiger partial charge in [-0.25, -0.2) is 13.2 Å². The summed E-state index contributed by atoms with van der Waals surface area (Å²) in [4.78, 5) is 1.85. The third-order valence-electron chi connectivity index (χ3n) is 3.19. The van der Waals surface area contributed by atoms with Crippen molar-refractivity contribution >= 4 is 12.4 Å². The molecular formula is C12H16ClF3N2O. The van der Waals surface area contributed by atoms with E-state index in [4.69, 9.17) is 0 Å². The summed E-state index contributed by atoms with van der Waals surface area (Å²) in [5, 5.41) is 12.5. The van der Waals surface area contributed by atoms with Crippen molar-refractivity contribution < 1.29 is 18.3 Å². The summed E-state index contributed by atoms with van der Waals surface area (Å²) in [6.07, 6.45) is 0. The lowest BCUT2D eigenvalue weighted by Crippen LogP contribution is -2.46. The molecule has 1 heterocycles. The van der Waals surface area contributed by atoms with Crippen molar-refractivity contribution in [3.63, 3.8) is 0 Å². The molecule has 0 aromatic heterocycles. The molecule has 2 N–H and O–H groups in total. The molecule has 1 aliphatic rings. The fraction of sp³-hybridized carbons (Fsp3) is 0.500. The Kier molecular flexibility index (Phi) is 6.06. The Hall–Kier alpha value is -0.820. The molecule has 19 heavy (non-hydrogen) atoms. The molecule has 1 atom stereocenters. The lowest BCUT2D eigenvalue weighted by molar-refractivity contribution is 0.107. The van der Waals surface area contributed by atoms with E-state index in [1.165, 1.54) is 6.07 Å². The zero-order valence-electron chi connectivity index (χ0n) is 10.2. The number of hydrogen-bond donors (Lipinski definition) is 2. The molecule has 0 radical (unpaired) electrons. The molecule has 108 valence electrons. The van der Waals surface area contributed by atoms with Crippen LogP contribution in [-0.2, 0) is 0 Å². The zero-order chi connectivity index (χ0) is 13.1. The minimum absolute atomic E-state index is 0. The smallest absolute Gasteiger partial charge is 0.194 e. The van der Waals surface area contributed by atoms with E-state index in [0.717, 1.165) is 19.2 Å². The van der Waals surface area contributed by atoms with Crippen LogP contribution >= 0.6 is 12.4 Å². The molecule has 1 aliphatic heterocycles. The van der Waals surface area contributed by atoms with Crippen LogP contribution in [0.1, 0.15) is 11.6 Å². The van der Waals surface area contributed by atoms with Gasteiger partial charge in [-0.3, -0.25) is 4.90 Å². The van der Waals surface area contributed by atoms with Crippen LogP contribution in [0.25, 0.3) is 0 Å². The Bertz CT molecular complexity index is 428. The van der Waals surface area contributed by atoms with Gasteiger partial charge in [-0.2, -0.15) is 0 Å². The average Bonchev–Trinajstić information content (AvgIpc) is 2.41. The van der Waals surface area contributed by atoms with Gasteiger partial charge in [0.05, 0.1) is 12.6 Å². The van der Waals surface area contributed by atoms with Crippen molar-refractivity contribution in [3.8, 4) is 0 Å². The number of nitrogens with zero attached hydrogens (tertiary/aromatic N) is 1. The van der Waals surface area contributed by atoms with E-state index in [0.29, 0.717) is 13.1 Å².